The number of hydrogen-bond donors (Lipinski definition) is 0. The van der Waals surface area contributed by atoms with Crippen LogP contribution >= 0.6 is 0 Å². The zero-order valence-corrected chi connectivity index (χ0v) is 13.7. The molecule has 0 spiro atoms. The van der Waals surface area contributed by atoms with E-state index < -0.39 is 0 Å². The van der Waals surface area contributed by atoms with E-state index in [0.29, 0.717) is 16.8 Å². The SMILES string of the molecule is Cc1cc(-n2nc3n(c2=O)[C@H](c2ccccc2)CC3)cc(C)c1F. The van der Waals surface area contributed by atoms with Crippen molar-refractivity contribution in [3.8, 4) is 5.69 Å². The lowest BCUT2D eigenvalue weighted by Gasteiger charge is -2.12. The molecule has 0 N–H and O–H groups in total. The first-order valence-corrected chi connectivity index (χ1v) is 8.09. The van der Waals surface area contributed by atoms with E-state index >= 15 is 0 Å². The fraction of sp³-hybridized carbons (Fsp3) is 0.263. The third kappa shape index (κ3) is 2.19. The molecule has 24 heavy (non-hydrogen) atoms. The predicted molar refractivity (Wildman–Crippen MR) is 90.2 cm³/mol. The normalized spacial score (nSPS) is 16.4. The second-order valence-corrected chi connectivity index (χ2v) is 6.34. The van der Waals surface area contributed by atoms with Crippen LogP contribution in [0.25, 0.3) is 5.69 Å². The summed E-state index contributed by atoms with van der Waals surface area (Å²) >= 11 is 0. The highest BCUT2D eigenvalue weighted by Gasteiger charge is 2.29. The molecule has 0 unspecified atom stereocenters. The quantitative estimate of drug-likeness (QED) is 0.726. The van der Waals surface area contributed by atoms with Crippen molar-refractivity contribution in [3.63, 3.8) is 0 Å². The number of aromatic nitrogens is 3. The molecule has 122 valence electrons. The zero-order valence-electron chi connectivity index (χ0n) is 13.7. The van der Waals surface area contributed by atoms with Crippen molar-refractivity contribution in [2.75, 3.05) is 0 Å². The van der Waals surface area contributed by atoms with Gasteiger partial charge in [0.2, 0.25) is 0 Å². The lowest BCUT2D eigenvalue weighted by atomic mass is 10.1. The summed E-state index contributed by atoms with van der Waals surface area (Å²) in [6, 6.07) is 13.4. The Labute approximate surface area is 139 Å². The molecule has 0 aliphatic carbocycles. The molecule has 1 aromatic heterocycles. The minimum absolute atomic E-state index is 0.0186. The van der Waals surface area contributed by atoms with Gasteiger partial charge in [-0.25, -0.2) is 9.18 Å². The van der Waals surface area contributed by atoms with Crippen LogP contribution in [0, 0.1) is 19.7 Å². The van der Waals surface area contributed by atoms with Gasteiger partial charge in [-0.05, 0) is 49.1 Å². The lowest BCUT2D eigenvalue weighted by Crippen LogP contribution is -2.26. The summed E-state index contributed by atoms with van der Waals surface area (Å²) in [6.45, 7) is 3.40. The van der Waals surface area contributed by atoms with Gasteiger partial charge in [-0.3, -0.25) is 4.57 Å². The Balaban J connectivity index is 1.84. The zero-order chi connectivity index (χ0) is 16.8. The number of nitrogens with zero attached hydrogens (tertiary/aromatic N) is 3. The van der Waals surface area contributed by atoms with Gasteiger partial charge in [-0.2, -0.15) is 4.68 Å². The van der Waals surface area contributed by atoms with Crippen molar-refractivity contribution in [2.45, 2.75) is 32.7 Å². The molecule has 0 saturated carbocycles. The Hall–Kier alpha value is -2.69. The van der Waals surface area contributed by atoms with Gasteiger partial charge in [0.05, 0.1) is 11.7 Å². The summed E-state index contributed by atoms with van der Waals surface area (Å²) in [4.78, 5) is 12.9. The van der Waals surface area contributed by atoms with E-state index in [2.05, 4.69) is 5.10 Å². The average Bonchev–Trinajstić information content (AvgIpc) is 3.14. The number of aryl methyl sites for hydroxylation is 3. The Morgan fingerprint density at radius 3 is 2.46 bits per heavy atom. The van der Waals surface area contributed by atoms with E-state index in [1.54, 1.807) is 30.5 Å². The van der Waals surface area contributed by atoms with Gasteiger partial charge in [0.1, 0.15) is 11.6 Å². The Bertz CT molecular complexity index is 949. The molecule has 4 nitrogen and oxygen atoms in total. The molecule has 1 aliphatic rings. The molecular weight excluding hydrogens is 305 g/mol. The van der Waals surface area contributed by atoms with Gasteiger partial charge in [-0.1, -0.05) is 30.3 Å². The molecule has 0 fully saturated rings. The summed E-state index contributed by atoms with van der Waals surface area (Å²) in [5.74, 6) is 0.550. The van der Waals surface area contributed by atoms with Crippen LogP contribution in [0.5, 0.6) is 0 Å². The van der Waals surface area contributed by atoms with Gasteiger partial charge >= 0.3 is 5.69 Å². The van der Waals surface area contributed by atoms with Gasteiger partial charge < -0.3 is 0 Å². The second-order valence-electron chi connectivity index (χ2n) is 6.34. The molecule has 0 radical (unpaired) electrons. The maximum absolute atomic E-state index is 13.9. The summed E-state index contributed by atoms with van der Waals surface area (Å²) in [5, 5.41) is 4.49. The summed E-state index contributed by atoms with van der Waals surface area (Å²) in [5.41, 5.74) is 2.60. The minimum Gasteiger partial charge on any atom is -0.271 e. The highest BCUT2D eigenvalue weighted by molar-refractivity contribution is 5.40. The third-order valence-corrected chi connectivity index (χ3v) is 4.68. The number of rotatable bonds is 2. The van der Waals surface area contributed by atoms with Crippen LogP contribution in [0.2, 0.25) is 0 Å². The Morgan fingerprint density at radius 2 is 1.79 bits per heavy atom. The molecule has 2 heterocycles. The van der Waals surface area contributed by atoms with Crippen LogP contribution in [0.3, 0.4) is 0 Å². The lowest BCUT2D eigenvalue weighted by molar-refractivity contribution is 0.586. The van der Waals surface area contributed by atoms with E-state index in [1.165, 1.54) is 4.68 Å². The first-order chi connectivity index (χ1) is 11.6. The van der Waals surface area contributed by atoms with Crippen LogP contribution in [0.1, 0.15) is 35.0 Å². The van der Waals surface area contributed by atoms with Crippen molar-refractivity contribution < 1.29 is 4.39 Å². The van der Waals surface area contributed by atoms with Gasteiger partial charge in [-0.15, -0.1) is 5.10 Å². The summed E-state index contributed by atoms with van der Waals surface area (Å²) < 4.78 is 17.0. The third-order valence-electron chi connectivity index (χ3n) is 4.68. The van der Waals surface area contributed by atoms with E-state index in [-0.39, 0.29) is 17.5 Å². The summed E-state index contributed by atoms with van der Waals surface area (Å²) in [6.07, 6.45) is 1.64. The van der Waals surface area contributed by atoms with E-state index in [9.17, 15) is 9.18 Å². The van der Waals surface area contributed by atoms with Crippen LogP contribution in [-0.4, -0.2) is 14.3 Å². The van der Waals surface area contributed by atoms with Crippen molar-refractivity contribution >= 4 is 0 Å². The highest BCUT2D eigenvalue weighted by atomic mass is 19.1. The molecule has 0 saturated heterocycles. The first kappa shape index (κ1) is 14.9. The first-order valence-electron chi connectivity index (χ1n) is 8.09. The van der Waals surface area contributed by atoms with Crippen molar-refractivity contribution in [2.24, 2.45) is 0 Å². The van der Waals surface area contributed by atoms with Crippen molar-refractivity contribution in [1.29, 1.82) is 0 Å². The Morgan fingerprint density at radius 1 is 1.12 bits per heavy atom. The van der Waals surface area contributed by atoms with Crippen LogP contribution in [-0.2, 0) is 6.42 Å². The predicted octanol–water partition coefficient (Wildman–Crippen LogP) is 3.33. The standard InChI is InChI=1S/C19H18FN3O/c1-12-10-15(11-13(2)18(12)20)23-19(24)22-16(8-9-17(22)21-23)14-6-4-3-5-7-14/h3-7,10-11,16H,8-9H2,1-2H3/t16-/m0/s1. The largest absolute Gasteiger partial charge is 0.351 e. The molecule has 0 amide bonds. The molecule has 3 aromatic rings. The number of halogens is 1. The number of benzene rings is 2. The van der Waals surface area contributed by atoms with E-state index in [4.69, 9.17) is 0 Å². The molecular formula is C19H18FN3O. The van der Waals surface area contributed by atoms with Crippen molar-refractivity contribution in [1.82, 2.24) is 14.3 Å². The van der Waals surface area contributed by atoms with Crippen LogP contribution < -0.4 is 5.69 Å². The number of hydrogen-bond acceptors (Lipinski definition) is 2. The Kier molecular flexibility index (Phi) is 3.37. The fourth-order valence-corrected chi connectivity index (χ4v) is 3.50. The van der Waals surface area contributed by atoms with Gasteiger partial charge in [0.15, 0.2) is 0 Å². The second kappa shape index (κ2) is 5.44. The molecule has 4 rings (SSSR count). The smallest absolute Gasteiger partial charge is 0.271 e. The molecule has 1 atom stereocenters. The topological polar surface area (TPSA) is 39.8 Å². The van der Waals surface area contributed by atoms with E-state index in [1.807, 2.05) is 30.3 Å². The monoisotopic (exact) mass is 323 g/mol. The fourth-order valence-electron chi connectivity index (χ4n) is 3.50. The van der Waals surface area contributed by atoms with Gasteiger partial charge in [0.25, 0.3) is 0 Å². The van der Waals surface area contributed by atoms with Gasteiger partial charge in [0, 0.05) is 6.42 Å². The minimum atomic E-state index is -0.235. The maximum atomic E-state index is 13.9. The number of fused-ring (bicyclic) bond motifs is 1. The van der Waals surface area contributed by atoms with Crippen LogP contribution in [0.4, 0.5) is 4.39 Å². The highest BCUT2D eigenvalue weighted by Crippen LogP contribution is 2.29. The van der Waals surface area contributed by atoms with Crippen molar-refractivity contribution in [3.05, 3.63) is 81.3 Å². The molecule has 2 aromatic carbocycles. The average molecular weight is 323 g/mol. The van der Waals surface area contributed by atoms with E-state index in [0.717, 1.165) is 24.2 Å². The van der Waals surface area contributed by atoms with Crippen LogP contribution in [0.15, 0.2) is 47.3 Å². The maximum Gasteiger partial charge on any atom is 0.351 e. The molecule has 1 aliphatic heterocycles. The molecule has 5 heteroatoms. The summed E-state index contributed by atoms with van der Waals surface area (Å²) in [7, 11) is 0. The molecule has 0 bridgehead atoms.